The van der Waals surface area contributed by atoms with Gasteiger partial charge in [0.15, 0.2) is 0 Å². The van der Waals surface area contributed by atoms with Crippen LogP contribution in [0.4, 0.5) is 0 Å². The molecule has 0 saturated carbocycles. The number of hydrogen-bond acceptors (Lipinski definition) is 4. The summed E-state index contributed by atoms with van der Waals surface area (Å²) in [6, 6.07) is 6.98. The average Bonchev–Trinajstić information content (AvgIpc) is 2.39. The monoisotopic (exact) mass is 298 g/mol. The fourth-order valence-corrected chi connectivity index (χ4v) is 1.74. The molecule has 1 unspecified atom stereocenters. The SMILES string of the molecule is O=CCC(Cc1ccc(Cl)cc1)OC(=O)CCC(=O)O. The standard InChI is InChI=1S/C14H15ClO5/c15-11-3-1-10(2-4-11)9-12(7-8-16)20-14(19)6-5-13(17)18/h1-4,8,12H,5-7,9H2,(H,17,18). The second-order valence-electron chi connectivity index (χ2n) is 4.24. The average molecular weight is 299 g/mol. The zero-order valence-corrected chi connectivity index (χ0v) is 11.5. The third-order valence-electron chi connectivity index (χ3n) is 2.58. The molecule has 1 aromatic rings. The van der Waals surface area contributed by atoms with Gasteiger partial charge in [-0.2, -0.15) is 0 Å². The van der Waals surface area contributed by atoms with Gasteiger partial charge in [0.2, 0.25) is 0 Å². The highest BCUT2D eigenvalue weighted by atomic mass is 35.5. The first-order valence-corrected chi connectivity index (χ1v) is 6.48. The van der Waals surface area contributed by atoms with Crippen molar-refractivity contribution in [1.29, 1.82) is 0 Å². The Balaban J connectivity index is 2.55. The van der Waals surface area contributed by atoms with Crippen LogP contribution in [0.5, 0.6) is 0 Å². The molecular weight excluding hydrogens is 284 g/mol. The molecule has 0 aliphatic carbocycles. The van der Waals surface area contributed by atoms with Crippen LogP contribution in [0.1, 0.15) is 24.8 Å². The Morgan fingerprint density at radius 3 is 2.45 bits per heavy atom. The largest absolute Gasteiger partial charge is 0.481 e. The number of halogens is 1. The van der Waals surface area contributed by atoms with Crippen molar-refractivity contribution in [2.75, 3.05) is 0 Å². The minimum atomic E-state index is -1.06. The molecule has 0 amide bonds. The van der Waals surface area contributed by atoms with E-state index < -0.39 is 18.0 Å². The molecule has 1 atom stereocenters. The molecule has 0 saturated heterocycles. The van der Waals surface area contributed by atoms with Gasteiger partial charge in [0.1, 0.15) is 12.4 Å². The summed E-state index contributed by atoms with van der Waals surface area (Å²) >= 11 is 5.77. The van der Waals surface area contributed by atoms with E-state index >= 15 is 0 Å². The number of carbonyl (C=O) groups excluding carboxylic acids is 2. The molecule has 0 spiro atoms. The van der Waals surface area contributed by atoms with Gasteiger partial charge in [0.25, 0.3) is 0 Å². The van der Waals surface area contributed by atoms with E-state index in [1.54, 1.807) is 24.3 Å². The Morgan fingerprint density at radius 2 is 1.90 bits per heavy atom. The van der Waals surface area contributed by atoms with E-state index in [0.717, 1.165) is 5.56 Å². The molecule has 0 aromatic heterocycles. The number of aliphatic carboxylic acids is 1. The van der Waals surface area contributed by atoms with Crippen molar-refractivity contribution in [2.24, 2.45) is 0 Å². The number of rotatable bonds is 8. The first kappa shape index (κ1) is 16.2. The molecule has 0 heterocycles. The molecule has 0 aliphatic heterocycles. The summed E-state index contributed by atoms with van der Waals surface area (Å²) in [5, 5.41) is 9.08. The first-order valence-electron chi connectivity index (χ1n) is 6.10. The lowest BCUT2D eigenvalue weighted by molar-refractivity contribution is -0.152. The quantitative estimate of drug-likeness (QED) is 0.588. The number of carboxylic acid groups (broad SMARTS) is 1. The second-order valence-corrected chi connectivity index (χ2v) is 4.68. The van der Waals surface area contributed by atoms with Crippen LogP contribution in [0.2, 0.25) is 5.02 Å². The number of aldehydes is 1. The lowest BCUT2D eigenvalue weighted by atomic mass is 10.1. The van der Waals surface area contributed by atoms with Crippen LogP contribution in [0.25, 0.3) is 0 Å². The van der Waals surface area contributed by atoms with Crippen LogP contribution in [-0.2, 0) is 25.5 Å². The van der Waals surface area contributed by atoms with Crippen molar-refractivity contribution in [3.05, 3.63) is 34.9 Å². The lowest BCUT2D eigenvalue weighted by Gasteiger charge is -2.15. The smallest absolute Gasteiger partial charge is 0.306 e. The number of hydrogen-bond donors (Lipinski definition) is 1. The Bertz CT molecular complexity index is 469. The molecule has 20 heavy (non-hydrogen) atoms. The van der Waals surface area contributed by atoms with E-state index in [4.69, 9.17) is 21.4 Å². The summed E-state index contributed by atoms with van der Waals surface area (Å²) in [5.41, 5.74) is 0.882. The van der Waals surface area contributed by atoms with Crippen LogP contribution in [0.3, 0.4) is 0 Å². The van der Waals surface area contributed by atoms with Gasteiger partial charge in [-0.05, 0) is 17.7 Å². The zero-order valence-electron chi connectivity index (χ0n) is 10.8. The topological polar surface area (TPSA) is 80.7 Å². The molecular formula is C14H15ClO5. The van der Waals surface area contributed by atoms with E-state index in [1.807, 2.05) is 0 Å². The van der Waals surface area contributed by atoms with Gasteiger partial charge >= 0.3 is 11.9 Å². The van der Waals surface area contributed by atoms with Gasteiger partial charge < -0.3 is 14.6 Å². The molecule has 0 bridgehead atoms. The van der Waals surface area contributed by atoms with Gasteiger partial charge in [-0.3, -0.25) is 9.59 Å². The van der Waals surface area contributed by atoms with Crippen molar-refractivity contribution in [2.45, 2.75) is 31.8 Å². The highest BCUT2D eigenvalue weighted by Crippen LogP contribution is 2.14. The van der Waals surface area contributed by atoms with E-state index in [1.165, 1.54) is 0 Å². The number of carbonyl (C=O) groups is 3. The molecule has 0 radical (unpaired) electrons. The minimum Gasteiger partial charge on any atom is -0.481 e. The number of ether oxygens (including phenoxy) is 1. The Morgan fingerprint density at radius 1 is 1.25 bits per heavy atom. The summed E-state index contributed by atoms with van der Waals surface area (Å²) in [6.07, 6.45) is 0.0510. The number of esters is 1. The predicted octanol–water partition coefficient (Wildman–Crippen LogP) is 2.25. The van der Waals surface area contributed by atoms with E-state index in [9.17, 15) is 14.4 Å². The van der Waals surface area contributed by atoms with Crippen LogP contribution >= 0.6 is 11.6 Å². The predicted molar refractivity (Wildman–Crippen MR) is 72.6 cm³/mol. The van der Waals surface area contributed by atoms with Gasteiger partial charge in [0.05, 0.1) is 12.8 Å². The normalized spacial score (nSPS) is 11.7. The fourth-order valence-electron chi connectivity index (χ4n) is 1.62. The molecule has 1 rings (SSSR count). The summed E-state index contributed by atoms with van der Waals surface area (Å²) < 4.78 is 5.11. The van der Waals surface area contributed by atoms with Crippen molar-refractivity contribution >= 4 is 29.8 Å². The molecule has 0 fully saturated rings. The van der Waals surface area contributed by atoms with Gasteiger partial charge in [-0.1, -0.05) is 23.7 Å². The van der Waals surface area contributed by atoms with Crippen molar-refractivity contribution in [3.63, 3.8) is 0 Å². The Labute approximate surface area is 121 Å². The highest BCUT2D eigenvalue weighted by molar-refractivity contribution is 6.30. The van der Waals surface area contributed by atoms with Crippen LogP contribution < -0.4 is 0 Å². The molecule has 1 N–H and O–H groups in total. The summed E-state index contributed by atoms with van der Waals surface area (Å²) in [4.78, 5) is 32.4. The molecule has 5 nitrogen and oxygen atoms in total. The van der Waals surface area contributed by atoms with Crippen LogP contribution in [0.15, 0.2) is 24.3 Å². The second kappa shape index (κ2) is 8.32. The molecule has 0 aliphatic rings. The lowest BCUT2D eigenvalue weighted by Crippen LogP contribution is -2.21. The minimum absolute atomic E-state index is 0.0709. The highest BCUT2D eigenvalue weighted by Gasteiger charge is 2.15. The molecule has 108 valence electrons. The van der Waals surface area contributed by atoms with E-state index in [2.05, 4.69) is 0 Å². The van der Waals surface area contributed by atoms with Gasteiger partial charge in [-0.15, -0.1) is 0 Å². The van der Waals surface area contributed by atoms with Gasteiger partial charge in [-0.25, -0.2) is 0 Å². The van der Waals surface area contributed by atoms with Crippen molar-refractivity contribution in [3.8, 4) is 0 Å². The van der Waals surface area contributed by atoms with Gasteiger partial charge in [0, 0.05) is 17.9 Å². The summed E-state index contributed by atoms with van der Waals surface area (Å²) in [7, 11) is 0. The maximum atomic E-state index is 11.5. The number of benzene rings is 1. The summed E-state index contributed by atoms with van der Waals surface area (Å²) in [5.74, 6) is -1.68. The molecule has 6 heteroatoms. The Hall–Kier alpha value is -1.88. The maximum absolute atomic E-state index is 11.5. The first-order chi connectivity index (χ1) is 9.51. The number of carboxylic acids is 1. The van der Waals surface area contributed by atoms with Crippen LogP contribution in [0, 0.1) is 0 Å². The van der Waals surface area contributed by atoms with Crippen molar-refractivity contribution < 1.29 is 24.2 Å². The molecule has 1 aromatic carbocycles. The van der Waals surface area contributed by atoms with Crippen LogP contribution in [-0.4, -0.2) is 29.4 Å². The maximum Gasteiger partial charge on any atom is 0.306 e. The van der Waals surface area contributed by atoms with E-state index in [0.29, 0.717) is 17.7 Å². The van der Waals surface area contributed by atoms with E-state index in [-0.39, 0.29) is 19.3 Å². The Kier molecular flexibility index (Phi) is 6.73. The third kappa shape index (κ3) is 6.33. The fraction of sp³-hybridized carbons (Fsp3) is 0.357. The van der Waals surface area contributed by atoms with Crippen molar-refractivity contribution in [1.82, 2.24) is 0 Å². The summed E-state index contributed by atoms with van der Waals surface area (Å²) in [6.45, 7) is 0. The third-order valence-corrected chi connectivity index (χ3v) is 2.83. The zero-order chi connectivity index (χ0) is 15.0.